The number of anilines is 1. The molecule has 0 spiro atoms. The number of ether oxygens (including phenoxy) is 2. The number of benzene rings is 1. The van der Waals surface area contributed by atoms with Crippen molar-refractivity contribution in [1.82, 2.24) is 5.32 Å². The number of nitrogens with one attached hydrogen (secondary N) is 1. The largest absolute Gasteiger partial charge is 0.490 e. The molecule has 0 aromatic heterocycles. The molecule has 1 amide bonds. The van der Waals surface area contributed by atoms with Crippen molar-refractivity contribution in [3.05, 3.63) is 18.2 Å². The van der Waals surface area contributed by atoms with Crippen LogP contribution in [-0.4, -0.2) is 30.3 Å². The Morgan fingerprint density at radius 3 is 2.45 bits per heavy atom. The Hall–Kier alpha value is -1.82. The molecule has 1 N–H and O–H groups in total. The van der Waals surface area contributed by atoms with Crippen molar-refractivity contribution < 1.29 is 14.3 Å². The SMILES string of the molecule is CCOc1ccc(N2C(=O)[C@@H](C)NC2=S)cc1OCC. The molecular weight excluding hydrogens is 276 g/mol. The maximum atomic E-state index is 12.1. The molecular formula is C14H18N2O3S. The first-order valence-corrected chi connectivity index (χ1v) is 7.03. The molecule has 20 heavy (non-hydrogen) atoms. The number of amides is 1. The van der Waals surface area contributed by atoms with Crippen molar-refractivity contribution in [1.29, 1.82) is 0 Å². The Bertz CT molecular complexity index is 533. The lowest BCUT2D eigenvalue weighted by atomic mass is 10.2. The molecule has 1 aromatic rings. The summed E-state index contributed by atoms with van der Waals surface area (Å²) >= 11 is 5.19. The minimum Gasteiger partial charge on any atom is -0.490 e. The van der Waals surface area contributed by atoms with Gasteiger partial charge in [-0.25, -0.2) is 0 Å². The van der Waals surface area contributed by atoms with Gasteiger partial charge < -0.3 is 14.8 Å². The van der Waals surface area contributed by atoms with Crippen LogP contribution in [0.2, 0.25) is 0 Å². The Kier molecular flexibility index (Phi) is 4.44. The van der Waals surface area contributed by atoms with E-state index in [1.165, 1.54) is 4.90 Å². The Morgan fingerprint density at radius 1 is 1.25 bits per heavy atom. The lowest BCUT2D eigenvalue weighted by molar-refractivity contribution is -0.117. The van der Waals surface area contributed by atoms with E-state index in [-0.39, 0.29) is 11.9 Å². The first-order valence-electron chi connectivity index (χ1n) is 6.62. The van der Waals surface area contributed by atoms with Gasteiger partial charge in [-0.1, -0.05) is 0 Å². The van der Waals surface area contributed by atoms with Crippen molar-refractivity contribution in [3.8, 4) is 11.5 Å². The third kappa shape index (κ3) is 2.70. The Labute approximate surface area is 123 Å². The van der Waals surface area contributed by atoms with Crippen LogP contribution in [0.3, 0.4) is 0 Å². The maximum Gasteiger partial charge on any atom is 0.255 e. The number of nitrogens with zero attached hydrogens (tertiary/aromatic N) is 1. The Balaban J connectivity index is 2.35. The zero-order valence-corrected chi connectivity index (χ0v) is 12.6. The summed E-state index contributed by atoms with van der Waals surface area (Å²) in [4.78, 5) is 13.6. The lowest BCUT2D eigenvalue weighted by Crippen LogP contribution is -2.30. The average Bonchev–Trinajstić information content (AvgIpc) is 2.66. The van der Waals surface area contributed by atoms with Crippen LogP contribution in [0.25, 0.3) is 0 Å². The molecule has 0 aliphatic carbocycles. The summed E-state index contributed by atoms with van der Waals surface area (Å²) < 4.78 is 11.1. The molecule has 0 bridgehead atoms. The highest BCUT2D eigenvalue weighted by Crippen LogP contribution is 2.33. The highest BCUT2D eigenvalue weighted by atomic mass is 32.1. The van der Waals surface area contributed by atoms with E-state index in [9.17, 15) is 4.79 Å². The van der Waals surface area contributed by atoms with Crippen LogP contribution in [0.4, 0.5) is 5.69 Å². The predicted octanol–water partition coefficient (Wildman–Crippen LogP) is 2.09. The van der Waals surface area contributed by atoms with E-state index >= 15 is 0 Å². The molecule has 0 saturated carbocycles. The summed E-state index contributed by atoms with van der Waals surface area (Å²) in [5.41, 5.74) is 0.684. The van der Waals surface area contributed by atoms with Crippen molar-refractivity contribution >= 4 is 28.9 Å². The fraction of sp³-hybridized carbons (Fsp3) is 0.429. The zero-order valence-electron chi connectivity index (χ0n) is 11.8. The van der Waals surface area contributed by atoms with Crippen molar-refractivity contribution in [2.45, 2.75) is 26.8 Å². The normalized spacial score (nSPS) is 18.1. The molecule has 0 unspecified atom stereocenters. The van der Waals surface area contributed by atoms with Crippen LogP contribution in [0, 0.1) is 0 Å². The molecule has 1 saturated heterocycles. The third-order valence-electron chi connectivity index (χ3n) is 2.92. The van der Waals surface area contributed by atoms with Crippen LogP contribution in [0.1, 0.15) is 20.8 Å². The molecule has 1 heterocycles. The van der Waals surface area contributed by atoms with Crippen molar-refractivity contribution in [2.75, 3.05) is 18.1 Å². The van der Waals surface area contributed by atoms with Crippen molar-refractivity contribution in [2.24, 2.45) is 0 Å². The van der Waals surface area contributed by atoms with Gasteiger partial charge >= 0.3 is 0 Å². The summed E-state index contributed by atoms with van der Waals surface area (Å²) in [6.07, 6.45) is 0. The van der Waals surface area contributed by atoms with Crippen LogP contribution < -0.4 is 19.7 Å². The van der Waals surface area contributed by atoms with Crippen LogP contribution >= 0.6 is 12.2 Å². The molecule has 2 rings (SSSR count). The minimum absolute atomic E-state index is 0.0680. The monoisotopic (exact) mass is 294 g/mol. The summed E-state index contributed by atoms with van der Waals surface area (Å²) in [6.45, 7) is 6.67. The third-order valence-corrected chi connectivity index (χ3v) is 3.22. The zero-order chi connectivity index (χ0) is 14.7. The van der Waals surface area contributed by atoms with Crippen LogP contribution in [0.5, 0.6) is 11.5 Å². The van der Waals surface area contributed by atoms with E-state index < -0.39 is 0 Å². The van der Waals surface area contributed by atoms with Crippen molar-refractivity contribution in [3.63, 3.8) is 0 Å². The molecule has 1 aliphatic rings. The number of hydrogen-bond acceptors (Lipinski definition) is 4. The van der Waals surface area contributed by atoms with Gasteiger partial charge in [0.05, 0.1) is 18.9 Å². The van der Waals surface area contributed by atoms with Crippen LogP contribution in [-0.2, 0) is 4.79 Å². The maximum absolute atomic E-state index is 12.1. The highest BCUT2D eigenvalue weighted by Gasteiger charge is 2.33. The summed E-state index contributed by atoms with van der Waals surface area (Å²) in [5.74, 6) is 1.21. The summed E-state index contributed by atoms with van der Waals surface area (Å²) in [6, 6.07) is 5.07. The predicted molar refractivity (Wildman–Crippen MR) is 81.5 cm³/mol. The number of hydrogen-bond donors (Lipinski definition) is 1. The molecule has 1 aromatic carbocycles. The highest BCUT2D eigenvalue weighted by molar-refractivity contribution is 7.80. The number of rotatable bonds is 5. The second kappa shape index (κ2) is 6.09. The lowest BCUT2D eigenvalue weighted by Gasteiger charge is -2.18. The van der Waals surface area contributed by atoms with Gasteiger partial charge in [-0.15, -0.1) is 0 Å². The van der Waals surface area contributed by atoms with Gasteiger partial charge in [-0.05, 0) is 45.1 Å². The quantitative estimate of drug-likeness (QED) is 0.843. The van der Waals surface area contributed by atoms with Gasteiger partial charge in [0.2, 0.25) is 0 Å². The average molecular weight is 294 g/mol. The number of carbonyl (C=O) groups is 1. The van der Waals surface area contributed by atoms with E-state index in [1.807, 2.05) is 13.8 Å². The van der Waals surface area contributed by atoms with Gasteiger partial charge in [-0.2, -0.15) is 0 Å². The van der Waals surface area contributed by atoms with E-state index in [4.69, 9.17) is 21.7 Å². The van der Waals surface area contributed by atoms with Gasteiger partial charge in [0.25, 0.3) is 5.91 Å². The fourth-order valence-electron chi connectivity index (χ4n) is 2.03. The number of carbonyl (C=O) groups excluding carboxylic acids is 1. The minimum atomic E-state index is -0.301. The van der Waals surface area contributed by atoms with E-state index in [1.54, 1.807) is 25.1 Å². The fourth-order valence-corrected chi connectivity index (χ4v) is 2.40. The molecule has 5 nitrogen and oxygen atoms in total. The van der Waals surface area contributed by atoms with E-state index in [0.29, 0.717) is 35.5 Å². The molecule has 0 radical (unpaired) electrons. The molecule has 1 aliphatic heterocycles. The van der Waals surface area contributed by atoms with E-state index in [2.05, 4.69) is 5.32 Å². The van der Waals surface area contributed by atoms with Gasteiger partial charge in [0, 0.05) is 6.07 Å². The topological polar surface area (TPSA) is 50.8 Å². The smallest absolute Gasteiger partial charge is 0.255 e. The standard InChI is InChI=1S/C14H18N2O3S/c1-4-18-11-7-6-10(8-12(11)19-5-2)16-13(17)9(3)15-14(16)20/h6-9H,4-5H2,1-3H3,(H,15,20)/t9-/m1/s1. The van der Waals surface area contributed by atoms with Crippen LogP contribution in [0.15, 0.2) is 18.2 Å². The second-order valence-electron chi connectivity index (χ2n) is 4.34. The van der Waals surface area contributed by atoms with E-state index in [0.717, 1.165) is 0 Å². The van der Waals surface area contributed by atoms with Gasteiger partial charge in [-0.3, -0.25) is 9.69 Å². The molecule has 1 fully saturated rings. The summed E-state index contributed by atoms with van der Waals surface area (Å²) in [5, 5.41) is 3.35. The molecule has 1 atom stereocenters. The number of thiocarbonyl (C=S) groups is 1. The molecule has 108 valence electrons. The van der Waals surface area contributed by atoms with Gasteiger partial charge in [0.1, 0.15) is 6.04 Å². The van der Waals surface area contributed by atoms with Gasteiger partial charge in [0.15, 0.2) is 16.6 Å². The first-order chi connectivity index (χ1) is 9.58. The first kappa shape index (κ1) is 14.6. The summed E-state index contributed by atoms with van der Waals surface area (Å²) in [7, 11) is 0. The second-order valence-corrected chi connectivity index (χ2v) is 4.73. The Morgan fingerprint density at radius 2 is 1.90 bits per heavy atom. The molecule has 6 heteroatoms.